The van der Waals surface area contributed by atoms with Crippen LogP contribution in [-0.2, 0) is 0 Å². The second kappa shape index (κ2) is 8.46. The number of carbonyl (C=O) groups is 1. The van der Waals surface area contributed by atoms with Crippen molar-refractivity contribution >= 4 is 5.91 Å². The molecule has 0 aliphatic heterocycles. The molecule has 1 aliphatic carbocycles. The number of aromatic hydroxyl groups is 1. The molecule has 4 aromatic rings. The highest BCUT2D eigenvalue weighted by atomic mass is 19.1. The summed E-state index contributed by atoms with van der Waals surface area (Å²) in [5, 5.41) is 21.3. The van der Waals surface area contributed by atoms with E-state index in [-0.39, 0.29) is 29.4 Å². The van der Waals surface area contributed by atoms with E-state index in [9.17, 15) is 14.3 Å². The van der Waals surface area contributed by atoms with Gasteiger partial charge in [-0.05, 0) is 61.7 Å². The number of halogens is 1. The number of amides is 1. The van der Waals surface area contributed by atoms with Crippen LogP contribution in [0.2, 0.25) is 0 Å². The van der Waals surface area contributed by atoms with Gasteiger partial charge >= 0.3 is 0 Å². The molecule has 2 heterocycles. The van der Waals surface area contributed by atoms with Crippen molar-refractivity contribution in [3.05, 3.63) is 89.6 Å². The molecule has 1 saturated carbocycles. The number of phenolic OH excluding ortho intramolecular Hbond substituents is 1. The summed E-state index contributed by atoms with van der Waals surface area (Å²) >= 11 is 0. The standard InChI is InChI=1S/C25H22FN5O2/c1-15-9-10-21(27-14-15)24-30-29-23(31(24)22-8-3-2-7-20(22)26)17-11-18(12-17)28-25(33)16-5-4-6-19(32)13-16/h2-10,13-14,17-18,32H,11-12H2,1H3,(H,28,33). The number of pyridine rings is 1. The third kappa shape index (κ3) is 4.07. The molecule has 2 N–H and O–H groups in total. The van der Waals surface area contributed by atoms with Crippen LogP contribution in [0.4, 0.5) is 4.39 Å². The molecule has 1 fully saturated rings. The third-order valence-electron chi connectivity index (χ3n) is 5.87. The second-order valence-electron chi connectivity index (χ2n) is 8.28. The number of benzene rings is 2. The van der Waals surface area contributed by atoms with E-state index in [1.54, 1.807) is 41.1 Å². The van der Waals surface area contributed by atoms with Gasteiger partial charge in [0.2, 0.25) is 0 Å². The Bertz CT molecular complexity index is 1310. The number of phenols is 1. The van der Waals surface area contributed by atoms with E-state index < -0.39 is 0 Å². The minimum atomic E-state index is -0.375. The van der Waals surface area contributed by atoms with Crippen LogP contribution >= 0.6 is 0 Å². The van der Waals surface area contributed by atoms with Crippen molar-refractivity contribution in [2.45, 2.75) is 31.7 Å². The third-order valence-corrected chi connectivity index (χ3v) is 5.87. The molecule has 7 nitrogen and oxygen atoms in total. The van der Waals surface area contributed by atoms with Crippen LogP contribution in [0.25, 0.3) is 17.2 Å². The Hall–Kier alpha value is -4.07. The van der Waals surface area contributed by atoms with Crippen LogP contribution in [0.3, 0.4) is 0 Å². The molecule has 1 amide bonds. The van der Waals surface area contributed by atoms with E-state index in [1.807, 2.05) is 19.1 Å². The maximum atomic E-state index is 14.8. The molecule has 33 heavy (non-hydrogen) atoms. The summed E-state index contributed by atoms with van der Waals surface area (Å²) in [6, 6.07) is 16.5. The maximum Gasteiger partial charge on any atom is 0.251 e. The van der Waals surface area contributed by atoms with Gasteiger partial charge in [0, 0.05) is 23.7 Å². The van der Waals surface area contributed by atoms with Crippen LogP contribution in [0.15, 0.2) is 66.9 Å². The lowest BCUT2D eigenvalue weighted by atomic mass is 9.79. The second-order valence-corrected chi connectivity index (χ2v) is 8.28. The molecule has 2 aromatic heterocycles. The SMILES string of the molecule is Cc1ccc(-c2nnc(C3CC(NC(=O)c4cccc(O)c4)C3)n2-c2ccccc2F)nc1. The summed E-state index contributed by atoms with van der Waals surface area (Å²) in [5.41, 5.74) is 2.39. The minimum absolute atomic E-state index is 0.00535. The normalized spacial score (nSPS) is 17.4. The Morgan fingerprint density at radius 3 is 2.64 bits per heavy atom. The summed E-state index contributed by atoms with van der Waals surface area (Å²) in [4.78, 5) is 16.9. The van der Waals surface area contributed by atoms with Gasteiger partial charge in [-0.15, -0.1) is 10.2 Å². The summed E-state index contributed by atoms with van der Waals surface area (Å²) in [6.07, 6.45) is 3.04. The number of nitrogens with one attached hydrogen (secondary N) is 1. The lowest BCUT2D eigenvalue weighted by Crippen LogP contribution is -2.44. The zero-order valence-corrected chi connectivity index (χ0v) is 17.9. The van der Waals surface area contributed by atoms with Crippen LogP contribution in [-0.4, -0.2) is 36.8 Å². The maximum absolute atomic E-state index is 14.8. The first-order chi connectivity index (χ1) is 16.0. The number of hydrogen-bond donors (Lipinski definition) is 2. The fourth-order valence-corrected chi connectivity index (χ4v) is 4.06. The number of para-hydroxylation sites is 1. The number of aryl methyl sites for hydroxylation is 1. The Kier molecular flexibility index (Phi) is 5.34. The van der Waals surface area contributed by atoms with Gasteiger partial charge in [0.15, 0.2) is 5.82 Å². The van der Waals surface area contributed by atoms with Crippen LogP contribution < -0.4 is 5.32 Å². The van der Waals surface area contributed by atoms with Crippen molar-refractivity contribution < 1.29 is 14.3 Å². The first-order valence-electron chi connectivity index (χ1n) is 10.7. The molecule has 0 bridgehead atoms. The zero-order valence-electron chi connectivity index (χ0n) is 17.9. The fourth-order valence-electron chi connectivity index (χ4n) is 4.06. The van der Waals surface area contributed by atoms with Gasteiger partial charge in [-0.1, -0.05) is 24.3 Å². The predicted octanol–water partition coefficient (Wildman–Crippen LogP) is 4.16. The topological polar surface area (TPSA) is 92.9 Å². The van der Waals surface area contributed by atoms with E-state index in [1.165, 1.54) is 18.2 Å². The molecule has 2 aromatic carbocycles. The molecule has 0 unspecified atom stereocenters. The molecule has 0 spiro atoms. The number of rotatable bonds is 5. The molecule has 0 radical (unpaired) electrons. The average Bonchev–Trinajstić information content (AvgIpc) is 3.21. The molecule has 166 valence electrons. The number of aromatic nitrogens is 4. The van der Waals surface area contributed by atoms with E-state index in [4.69, 9.17) is 0 Å². The van der Waals surface area contributed by atoms with E-state index in [0.29, 0.717) is 41.4 Å². The van der Waals surface area contributed by atoms with E-state index >= 15 is 0 Å². The smallest absolute Gasteiger partial charge is 0.251 e. The number of nitrogens with zero attached hydrogens (tertiary/aromatic N) is 4. The number of hydrogen-bond acceptors (Lipinski definition) is 5. The average molecular weight is 443 g/mol. The predicted molar refractivity (Wildman–Crippen MR) is 121 cm³/mol. The van der Waals surface area contributed by atoms with Crippen LogP contribution in [0.5, 0.6) is 5.75 Å². The fraction of sp³-hybridized carbons (Fsp3) is 0.200. The summed E-state index contributed by atoms with van der Waals surface area (Å²) < 4.78 is 16.5. The van der Waals surface area contributed by atoms with Gasteiger partial charge in [0.1, 0.15) is 23.1 Å². The number of carbonyl (C=O) groups excluding carboxylic acids is 1. The summed E-state index contributed by atoms with van der Waals surface area (Å²) in [6.45, 7) is 1.95. The molecule has 5 rings (SSSR count). The molecule has 1 aliphatic rings. The van der Waals surface area contributed by atoms with Gasteiger partial charge < -0.3 is 10.4 Å². The minimum Gasteiger partial charge on any atom is -0.508 e. The van der Waals surface area contributed by atoms with Crippen molar-refractivity contribution in [1.29, 1.82) is 0 Å². The Balaban J connectivity index is 1.41. The Morgan fingerprint density at radius 2 is 1.91 bits per heavy atom. The molecule has 8 heteroatoms. The van der Waals surface area contributed by atoms with Crippen molar-refractivity contribution in [3.63, 3.8) is 0 Å². The van der Waals surface area contributed by atoms with Crippen molar-refractivity contribution in [2.75, 3.05) is 0 Å². The van der Waals surface area contributed by atoms with Crippen molar-refractivity contribution in [2.24, 2.45) is 0 Å². The van der Waals surface area contributed by atoms with E-state index in [0.717, 1.165) is 5.56 Å². The van der Waals surface area contributed by atoms with Gasteiger partial charge in [-0.25, -0.2) is 4.39 Å². The quantitative estimate of drug-likeness (QED) is 0.483. The van der Waals surface area contributed by atoms with Gasteiger partial charge in [0.05, 0.1) is 5.69 Å². The van der Waals surface area contributed by atoms with Gasteiger partial charge in [-0.3, -0.25) is 14.3 Å². The lowest BCUT2D eigenvalue weighted by Gasteiger charge is -2.35. The first-order valence-corrected chi connectivity index (χ1v) is 10.7. The monoisotopic (exact) mass is 443 g/mol. The highest BCUT2D eigenvalue weighted by Gasteiger charge is 2.36. The summed E-state index contributed by atoms with van der Waals surface area (Å²) in [7, 11) is 0. The van der Waals surface area contributed by atoms with Gasteiger partial charge in [0.25, 0.3) is 5.91 Å². The molecular weight excluding hydrogens is 421 g/mol. The molecule has 0 saturated heterocycles. The largest absolute Gasteiger partial charge is 0.508 e. The Morgan fingerprint density at radius 1 is 1.09 bits per heavy atom. The lowest BCUT2D eigenvalue weighted by molar-refractivity contribution is 0.0906. The zero-order chi connectivity index (χ0) is 22.9. The van der Waals surface area contributed by atoms with E-state index in [2.05, 4.69) is 20.5 Å². The summed E-state index contributed by atoms with van der Waals surface area (Å²) in [5.74, 6) is 0.548. The molecule has 0 atom stereocenters. The highest BCUT2D eigenvalue weighted by molar-refractivity contribution is 5.94. The Labute approximate surface area is 190 Å². The first kappa shape index (κ1) is 20.8. The highest BCUT2D eigenvalue weighted by Crippen LogP contribution is 2.39. The van der Waals surface area contributed by atoms with Crippen molar-refractivity contribution in [1.82, 2.24) is 25.1 Å². The van der Waals surface area contributed by atoms with Crippen LogP contribution in [0, 0.1) is 12.7 Å². The van der Waals surface area contributed by atoms with Crippen LogP contribution in [0.1, 0.15) is 40.5 Å². The van der Waals surface area contributed by atoms with Crippen molar-refractivity contribution in [3.8, 4) is 23.0 Å². The van der Waals surface area contributed by atoms with Gasteiger partial charge in [-0.2, -0.15) is 0 Å². The molecular formula is C25H22FN5O2.